The maximum atomic E-state index is 12.5. The van der Waals surface area contributed by atoms with Crippen molar-refractivity contribution in [2.24, 2.45) is 0 Å². The molecular formula is C16H18O5. The van der Waals surface area contributed by atoms with Crippen molar-refractivity contribution in [3.05, 3.63) is 47.5 Å². The summed E-state index contributed by atoms with van der Waals surface area (Å²) < 4.78 is 22.4. The molecule has 0 bridgehead atoms. The zero-order chi connectivity index (χ0) is 14.8. The number of carbonyl (C=O) groups excluding carboxylic acids is 1. The highest BCUT2D eigenvalue weighted by Gasteiger charge is 2.46. The summed E-state index contributed by atoms with van der Waals surface area (Å²) in [5.41, 5.74) is 1.38. The monoisotopic (exact) mass is 290 g/mol. The van der Waals surface area contributed by atoms with E-state index < -0.39 is 24.8 Å². The molecule has 5 heteroatoms. The molecule has 0 amide bonds. The number of rotatable bonds is 2. The average molecular weight is 290 g/mol. The minimum Gasteiger partial charge on any atom is -0.352 e. The van der Waals surface area contributed by atoms with Gasteiger partial charge < -0.3 is 18.9 Å². The minimum atomic E-state index is -0.651. The topological polar surface area (TPSA) is 54.0 Å². The summed E-state index contributed by atoms with van der Waals surface area (Å²) in [6.07, 6.45) is -0.572. The Hall–Kier alpha value is -1.53. The molecule has 21 heavy (non-hydrogen) atoms. The molecule has 0 aromatic heterocycles. The SMILES string of the molecule is C/C=C1/C(=O)[C@@H]2O[C@H](c3ccccc3)OC[C@H]2O[C@@H]1OC. The Morgan fingerprint density at radius 1 is 1.24 bits per heavy atom. The van der Waals surface area contributed by atoms with Gasteiger partial charge in [-0.3, -0.25) is 4.79 Å². The van der Waals surface area contributed by atoms with Crippen LogP contribution in [0.3, 0.4) is 0 Å². The van der Waals surface area contributed by atoms with E-state index in [4.69, 9.17) is 18.9 Å². The minimum absolute atomic E-state index is 0.0927. The van der Waals surface area contributed by atoms with Gasteiger partial charge in [0.05, 0.1) is 6.61 Å². The van der Waals surface area contributed by atoms with Gasteiger partial charge in [0, 0.05) is 18.2 Å². The molecule has 3 rings (SSSR count). The van der Waals surface area contributed by atoms with Gasteiger partial charge in [-0.25, -0.2) is 0 Å². The molecule has 2 fully saturated rings. The van der Waals surface area contributed by atoms with Crippen LogP contribution < -0.4 is 0 Å². The Labute approximate surface area is 123 Å². The normalized spacial score (nSPS) is 34.8. The van der Waals surface area contributed by atoms with E-state index in [1.807, 2.05) is 30.3 Å². The van der Waals surface area contributed by atoms with Crippen LogP contribution in [0.25, 0.3) is 0 Å². The van der Waals surface area contributed by atoms with Crippen LogP contribution in [0.15, 0.2) is 42.0 Å². The zero-order valence-electron chi connectivity index (χ0n) is 12.0. The number of fused-ring (bicyclic) bond motifs is 1. The fourth-order valence-corrected chi connectivity index (χ4v) is 2.63. The van der Waals surface area contributed by atoms with Crippen molar-refractivity contribution in [3.63, 3.8) is 0 Å². The number of Topliss-reactive ketones (excluding diaryl/α,β-unsaturated/α-hetero) is 1. The fourth-order valence-electron chi connectivity index (χ4n) is 2.63. The van der Waals surface area contributed by atoms with Gasteiger partial charge in [0.25, 0.3) is 0 Å². The Balaban J connectivity index is 1.80. The first kappa shape index (κ1) is 14.4. The average Bonchev–Trinajstić information content (AvgIpc) is 2.55. The van der Waals surface area contributed by atoms with Gasteiger partial charge in [0.15, 0.2) is 24.5 Å². The smallest absolute Gasteiger partial charge is 0.195 e. The van der Waals surface area contributed by atoms with E-state index in [0.29, 0.717) is 12.2 Å². The second kappa shape index (κ2) is 6.07. The van der Waals surface area contributed by atoms with Crippen molar-refractivity contribution in [3.8, 4) is 0 Å². The molecule has 5 nitrogen and oxygen atoms in total. The third kappa shape index (κ3) is 2.65. The number of carbonyl (C=O) groups is 1. The lowest BCUT2D eigenvalue weighted by molar-refractivity contribution is -0.288. The Morgan fingerprint density at radius 2 is 2.00 bits per heavy atom. The lowest BCUT2D eigenvalue weighted by Crippen LogP contribution is -2.54. The van der Waals surface area contributed by atoms with E-state index >= 15 is 0 Å². The number of ketones is 1. The molecule has 0 aliphatic carbocycles. The molecule has 4 atom stereocenters. The highest BCUT2D eigenvalue weighted by Crippen LogP contribution is 2.33. The third-order valence-electron chi connectivity index (χ3n) is 3.71. The van der Waals surface area contributed by atoms with Crippen LogP contribution in [0.1, 0.15) is 18.8 Å². The molecule has 0 N–H and O–H groups in total. The number of allylic oxidation sites excluding steroid dienone is 1. The molecule has 0 unspecified atom stereocenters. The van der Waals surface area contributed by atoms with Crippen LogP contribution >= 0.6 is 0 Å². The van der Waals surface area contributed by atoms with E-state index in [2.05, 4.69) is 0 Å². The molecule has 1 aromatic carbocycles. The van der Waals surface area contributed by atoms with Crippen LogP contribution in [0.5, 0.6) is 0 Å². The molecule has 2 heterocycles. The first-order chi connectivity index (χ1) is 10.2. The maximum Gasteiger partial charge on any atom is 0.195 e. The quantitative estimate of drug-likeness (QED) is 0.780. The van der Waals surface area contributed by atoms with Crippen LogP contribution in [0.2, 0.25) is 0 Å². The molecule has 112 valence electrons. The van der Waals surface area contributed by atoms with Gasteiger partial charge >= 0.3 is 0 Å². The molecule has 0 saturated carbocycles. The number of hydrogen-bond acceptors (Lipinski definition) is 5. The zero-order valence-corrected chi connectivity index (χ0v) is 12.0. The number of hydrogen-bond donors (Lipinski definition) is 0. The van der Waals surface area contributed by atoms with Crippen molar-refractivity contribution in [2.45, 2.75) is 31.7 Å². The predicted molar refractivity (Wildman–Crippen MR) is 74.4 cm³/mol. The van der Waals surface area contributed by atoms with Crippen molar-refractivity contribution in [1.29, 1.82) is 0 Å². The third-order valence-corrected chi connectivity index (χ3v) is 3.71. The van der Waals surface area contributed by atoms with Gasteiger partial charge in [-0.15, -0.1) is 0 Å². The molecule has 2 aliphatic heterocycles. The molecule has 0 radical (unpaired) electrons. The van der Waals surface area contributed by atoms with E-state index in [9.17, 15) is 4.79 Å². The lowest BCUT2D eigenvalue weighted by Gasteiger charge is -2.41. The van der Waals surface area contributed by atoms with Gasteiger partial charge in [0.2, 0.25) is 0 Å². The Kier molecular flexibility index (Phi) is 4.17. The summed E-state index contributed by atoms with van der Waals surface area (Å²) in [5, 5.41) is 0. The van der Waals surface area contributed by atoms with E-state index in [1.54, 1.807) is 13.0 Å². The van der Waals surface area contributed by atoms with Crippen molar-refractivity contribution in [1.82, 2.24) is 0 Å². The van der Waals surface area contributed by atoms with Crippen LogP contribution in [0.4, 0.5) is 0 Å². The Morgan fingerprint density at radius 3 is 2.67 bits per heavy atom. The second-order valence-corrected chi connectivity index (χ2v) is 4.98. The first-order valence-electron chi connectivity index (χ1n) is 6.95. The number of ether oxygens (including phenoxy) is 4. The highest BCUT2D eigenvalue weighted by molar-refractivity contribution is 6.00. The van der Waals surface area contributed by atoms with Gasteiger partial charge in [-0.2, -0.15) is 0 Å². The summed E-state index contributed by atoms with van der Waals surface area (Å²) >= 11 is 0. The van der Waals surface area contributed by atoms with E-state index in [-0.39, 0.29) is 5.78 Å². The Bertz CT molecular complexity index is 539. The highest BCUT2D eigenvalue weighted by atomic mass is 16.7. The molecule has 2 aliphatic rings. The van der Waals surface area contributed by atoms with Gasteiger partial charge in [0.1, 0.15) is 6.10 Å². The van der Waals surface area contributed by atoms with Crippen LogP contribution in [-0.2, 0) is 23.7 Å². The molecule has 1 aromatic rings. The van der Waals surface area contributed by atoms with Gasteiger partial charge in [-0.05, 0) is 6.92 Å². The van der Waals surface area contributed by atoms with Crippen molar-refractivity contribution in [2.75, 3.05) is 13.7 Å². The summed E-state index contributed by atoms with van der Waals surface area (Å²) in [5.74, 6) is -0.0927. The van der Waals surface area contributed by atoms with Gasteiger partial charge in [-0.1, -0.05) is 36.4 Å². The molecular weight excluding hydrogens is 272 g/mol. The molecule has 2 saturated heterocycles. The van der Waals surface area contributed by atoms with Crippen molar-refractivity contribution < 1.29 is 23.7 Å². The predicted octanol–water partition coefficient (Wildman–Crippen LogP) is 1.99. The summed E-state index contributed by atoms with van der Waals surface area (Å²) in [6.45, 7) is 2.09. The summed E-state index contributed by atoms with van der Waals surface area (Å²) in [6, 6.07) is 9.56. The lowest BCUT2D eigenvalue weighted by atomic mass is 9.97. The van der Waals surface area contributed by atoms with Crippen LogP contribution in [-0.4, -0.2) is 38.0 Å². The number of methoxy groups -OCH3 is 1. The van der Waals surface area contributed by atoms with Crippen LogP contribution in [0, 0.1) is 0 Å². The second-order valence-electron chi connectivity index (χ2n) is 4.98. The summed E-state index contributed by atoms with van der Waals surface area (Å²) in [4.78, 5) is 12.5. The number of benzene rings is 1. The largest absolute Gasteiger partial charge is 0.352 e. The summed E-state index contributed by atoms with van der Waals surface area (Å²) in [7, 11) is 1.51. The fraction of sp³-hybridized carbons (Fsp3) is 0.438. The van der Waals surface area contributed by atoms with E-state index in [1.165, 1.54) is 7.11 Å². The van der Waals surface area contributed by atoms with Crippen molar-refractivity contribution >= 4 is 5.78 Å². The maximum absolute atomic E-state index is 12.5. The standard InChI is InChI=1S/C16H18O5/c1-3-11-13(17)14-12(20-16(11)18-2)9-19-15(21-14)10-7-5-4-6-8-10/h3-8,12,14-16H,9H2,1-2H3/b11-3-/t12-,14-,15-,16+/m1/s1. The molecule has 0 spiro atoms. The first-order valence-corrected chi connectivity index (χ1v) is 6.95. The van der Waals surface area contributed by atoms with E-state index in [0.717, 1.165) is 5.56 Å².